The van der Waals surface area contributed by atoms with Crippen molar-refractivity contribution < 1.29 is 31.9 Å². The molecule has 0 aromatic carbocycles. The quantitative estimate of drug-likeness (QED) is 0.583. The molecule has 0 spiro atoms. The molecule has 0 aliphatic rings. The molecule has 0 saturated carbocycles. The monoisotopic (exact) mass is 236 g/mol. The summed E-state index contributed by atoms with van der Waals surface area (Å²) in [6.45, 7) is 0.946. The highest BCUT2D eigenvalue weighted by Gasteiger charge is 2.40. The number of alkyl halides is 3. The number of esters is 1. The van der Waals surface area contributed by atoms with Crippen LogP contribution in [0.3, 0.4) is 0 Å². The summed E-state index contributed by atoms with van der Waals surface area (Å²) in [5.41, 5.74) is -0.687. The molecule has 0 amide bonds. The lowest BCUT2D eigenvalue weighted by Crippen LogP contribution is -2.08. The fraction of sp³-hybridized carbons (Fsp3) is 0.333. The van der Waals surface area contributed by atoms with Crippen LogP contribution < -0.4 is 0 Å². The van der Waals surface area contributed by atoms with Crippen molar-refractivity contribution in [3.05, 3.63) is 23.2 Å². The Morgan fingerprint density at radius 2 is 1.94 bits per heavy atom. The van der Waals surface area contributed by atoms with Gasteiger partial charge in [0.2, 0.25) is 11.5 Å². The highest BCUT2D eigenvalue weighted by molar-refractivity contribution is 5.98. The second kappa shape index (κ2) is 3.99. The average Bonchev–Trinajstić information content (AvgIpc) is 2.60. The second-order valence-corrected chi connectivity index (χ2v) is 2.90. The first-order valence-electron chi connectivity index (χ1n) is 4.07. The van der Waals surface area contributed by atoms with Gasteiger partial charge in [0.1, 0.15) is 0 Å². The van der Waals surface area contributed by atoms with Gasteiger partial charge in [-0.25, -0.2) is 4.79 Å². The van der Waals surface area contributed by atoms with Crippen LogP contribution in [-0.4, -0.2) is 18.9 Å². The number of hydrogen-bond donors (Lipinski definition) is 0. The van der Waals surface area contributed by atoms with Gasteiger partial charge in [-0.2, -0.15) is 13.2 Å². The maximum absolute atomic E-state index is 12.4. The molecule has 0 fully saturated rings. The standard InChI is InChI=1S/C9H7F3O4/c1-4(13)5-3-6(8(14)15-2)16-7(5)9(10,11)12/h3H,1-2H3. The van der Waals surface area contributed by atoms with Crippen molar-refractivity contribution in [1.29, 1.82) is 0 Å². The maximum Gasteiger partial charge on any atom is 0.450 e. The van der Waals surface area contributed by atoms with Crippen LogP contribution in [0.5, 0.6) is 0 Å². The highest BCUT2D eigenvalue weighted by Crippen LogP contribution is 2.34. The number of hydrogen-bond acceptors (Lipinski definition) is 4. The molecular formula is C9H7F3O4. The summed E-state index contributed by atoms with van der Waals surface area (Å²) in [5.74, 6) is -4.05. The van der Waals surface area contributed by atoms with Gasteiger partial charge >= 0.3 is 12.1 Å². The minimum Gasteiger partial charge on any atom is -0.463 e. The van der Waals surface area contributed by atoms with Crippen LogP contribution in [-0.2, 0) is 10.9 Å². The minimum absolute atomic E-state index is 0.653. The first-order chi connectivity index (χ1) is 7.27. The number of methoxy groups -OCH3 is 1. The summed E-state index contributed by atoms with van der Waals surface area (Å²) in [6, 6.07) is 0.719. The molecule has 0 unspecified atom stereocenters. The summed E-state index contributed by atoms with van der Waals surface area (Å²) < 4.78 is 45.6. The number of carbonyl (C=O) groups is 2. The van der Waals surface area contributed by atoms with Gasteiger partial charge in [0.15, 0.2) is 5.78 Å². The SMILES string of the molecule is COC(=O)c1cc(C(C)=O)c(C(F)(F)F)o1. The van der Waals surface area contributed by atoms with Gasteiger partial charge in [-0.15, -0.1) is 0 Å². The second-order valence-electron chi connectivity index (χ2n) is 2.90. The Bertz CT molecular complexity index is 430. The fourth-order valence-electron chi connectivity index (χ4n) is 1.06. The summed E-state index contributed by atoms with van der Waals surface area (Å²) in [5, 5.41) is 0. The summed E-state index contributed by atoms with van der Waals surface area (Å²) >= 11 is 0. The van der Waals surface area contributed by atoms with Gasteiger partial charge < -0.3 is 9.15 Å². The molecule has 0 atom stereocenters. The van der Waals surface area contributed by atoms with Crippen molar-refractivity contribution >= 4 is 11.8 Å². The van der Waals surface area contributed by atoms with Crippen molar-refractivity contribution in [2.24, 2.45) is 0 Å². The van der Waals surface area contributed by atoms with Crippen molar-refractivity contribution in [1.82, 2.24) is 0 Å². The number of ether oxygens (including phenoxy) is 1. The topological polar surface area (TPSA) is 56.5 Å². The van der Waals surface area contributed by atoms with E-state index in [4.69, 9.17) is 0 Å². The van der Waals surface area contributed by atoms with E-state index in [2.05, 4.69) is 9.15 Å². The molecule has 1 heterocycles. The molecule has 88 valence electrons. The number of halogens is 3. The average molecular weight is 236 g/mol. The van der Waals surface area contributed by atoms with Gasteiger partial charge in [-0.1, -0.05) is 0 Å². The van der Waals surface area contributed by atoms with Crippen LogP contribution in [0, 0.1) is 0 Å². The van der Waals surface area contributed by atoms with Crippen LogP contribution in [0.15, 0.2) is 10.5 Å². The van der Waals surface area contributed by atoms with E-state index in [1.165, 1.54) is 0 Å². The summed E-state index contributed by atoms with van der Waals surface area (Å²) in [4.78, 5) is 21.9. The Morgan fingerprint density at radius 1 is 1.38 bits per heavy atom. The largest absolute Gasteiger partial charge is 0.463 e. The van der Waals surface area contributed by atoms with Crippen LogP contribution in [0.4, 0.5) is 13.2 Å². The molecule has 1 rings (SSSR count). The third-order valence-electron chi connectivity index (χ3n) is 1.76. The van der Waals surface area contributed by atoms with Crippen molar-refractivity contribution in [2.75, 3.05) is 7.11 Å². The van der Waals surface area contributed by atoms with Gasteiger partial charge in [-0.3, -0.25) is 4.79 Å². The Labute approximate surface area is 88.0 Å². The smallest absolute Gasteiger partial charge is 0.450 e. The molecule has 16 heavy (non-hydrogen) atoms. The molecule has 0 bridgehead atoms. The predicted molar refractivity (Wildman–Crippen MR) is 45.1 cm³/mol. The number of ketones is 1. The Balaban J connectivity index is 3.32. The minimum atomic E-state index is -4.83. The molecule has 1 aromatic heterocycles. The van der Waals surface area contributed by atoms with E-state index in [1.54, 1.807) is 0 Å². The molecule has 0 saturated heterocycles. The lowest BCUT2D eigenvalue weighted by Gasteiger charge is -2.03. The molecular weight excluding hydrogens is 229 g/mol. The van der Waals surface area contributed by atoms with Gasteiger partial charge in [0.05, 0.1) is 12.7 Å². The van der Waals surface area contributed by atoms with E-state index < -0.39 is 35.0 Å². The number of furan rings is 1. The van der Waals surface area contributed by atoms with E-state index in [1.807, 2.05) is 0 Å². The first-order valence-corrected chi connectivity index (χ1v) is 4.07. The molecule has 7 heteroatoms. The molecule has 0 N–H and O–H groups in total. The van der Waals surface area contributed by atoms with Crippen molar-refractivity contribution in [3.63, 3.8) is 0 Å². The zero-order valence-electron chi connectivity index (χ0n) is 8.34. The van der Waals surface area contributed by atoms with Gasteiger partial charge in [0, 0.05) is 6.07 Å². The summed E-state index contributed by atoms with van der Waals surface area (Å²) in [7, 11) is 0.992. The van der Waals surface area contributed by atoms with E-state index in [0.717, 1.165) is 20.1 Å². The third-order valence-corrected chi connectivity index (χ3v) is 1.76. The van der Waals surface area contributed by atoms with Crippen molar-refractivity contribution in [2.45, 2.75) is 13.1 Å². The molecule has 0 aliphatic carbocycles. The van der Waals surface area contributed by atoms with E-state index >= 15 is 0 Å². The maximum atomic E-state index is 12.4. The number of carbonyl (C=O) groups excluding carboxylic acids is 2. The lowest BCUT2D eigenvalue weighted by molar-refractivity contribution is -0.153. The predicted octanol–water partition coefficient (Wildman–Crippen LogP) is 2.29. The molecule has 4 nitrogen and oxygen atoms in total. The Kier molecular flexibility index (Phi) is 3.06. The molecule has 1 aromatic rings. The lowest BCUT2D eigenvalue weighted by atomic mass is 10.1. The fourth-order valence-corrected chi connectivity index (χ4v) is 1.06. The van der Waals surface area contributed by atoms with E-state index in [0.29, 0.717) is 0 Å². The van der Waals surface area contributed by atoms with E-state index in [-0.39, 0.29) is 0 Å². The van der Waals surface area contributed by atoms with Crippen LogP contribution in [0.1, 0.15) is 33.6 Å². The summed E-state index contributed by atoms with van der Waals surface area (Å²) in [6.07, 6.45) is -4.83. The Morgan fingerprint density at radius 3 is 2.25 bits per heavy atom. The molecule has 0 aliphatic heterocycles. The van der Waals surface area contributed by atoms with Crippen LogP contribution in [0.2, 0.25) is 0 Å². The highest BCUT2D eigenvalue weighted by atomic mass is 19.4. The Hall–Kier alpha value is -1.79. The zero-order valence-corrected chi connectivity index (χ0v) is 8.34. The van der Waals surface area contributed by atoms with Gasteiger partial charge in [-0.05, 0) is 6.92 Å². The zero-order chi connectivity index (χ0) is 12.5. The number of rotatable bonds is 2. The number of Topliss-reactive ketones (excluding diaryl/α,β-unsaturated/α-hetero) is 1. The van der Waals surface area contributed by atoms with Crippen LogP contribution in [0.25, 0.3) is 0 Å². The van der Waals surface area contributed by atoms with Gasteiger partial charge in [0.25, 0.3) is 0 Å². The normalized spacial score (nSPS) is 11.3. The third kappa shape index (κ3) is 2.23. The van der Waals surface area contributed by atoms with Crippen LogP contribution >= 0.6 is 0 Å². The molecule has 0 radical (unpaired) electrons. The van der Waals surface area contributed by atoms with Crippen molar-refractivity contribution in [3.8, 4) is 0 Å². The van der Waals surface area contributed by atoms with E-state index in [9.17, 15) is 22.8 Å². The first kappa shape index (κ1) is 12.3.